The van der Waals surface area contributed by atoms with E-state index in [1.807, 2.05) is 6.08 Å². The van der Waals surface area contributed by atoms with Crippen LogP contribution in [0.25, 0.3) is 0 Å². The van der Waals surface area contributed by atoms with Crippen LogP contribution in [-0.2, 0) is 10.8 Å². The Hall–Kier alpha value is -0.370. The van der Waals surface area contributed by atoms with Crippen molar-refractivity contribution < 1.29 is 4.21 Å². The van der Waals surface area contributed by atoms with E-state index in [9.17, 15) is 4.21 Å². The summed E-state index contributed by atoms with van der Waals surface area (Å²) in [5.74, 6) is 0. The minimum Gasteiger partial charge on any atom is -0.259 e. The minimum absolute atomic E-state index is 0.400. The second-order valence-corrected chi connectivity index (χ2v) is 8.68. The molecule has 1 nitrogen and oxygen atoms in total. The fraction of sp³-hybridized carbons (Fsp3) is 0.789. The van der Waals surface area contributed by atoms with Crippen molar-refractivity contribution in [2.75, 3.05) is 0 Å². The molecule has 2 aliphatic rings. The van der Waals surface area contributed by atoms with Crippen molar-refractivity contribution in [1.29, 1.82) is 0 Å². The molecular weight excluding hydrogens is 276 g/mol. The maximum absolute atomic E-state index is 12.1. The van der Waals surface area contributed by atoms with Crippen molar-refractivity contribution in [2.24, 2.45) is 0 Å². The fourth-order valence-electron chi connectivity index (χ4n) is 3.69. The zero-order chi connectivity index (χ0) is 14.9. The summed E-state index contributed by atoms with van der Waals surface area (Å²) >= 11 is 0. The van der Waals surface area contributed by atoms with E-state index in [1.54, 1.807) is 5.57 Å². The van der Waals surface area contributed by atoms with Gasteiger partial charge in [-0.1, -0.05) is 56.3 Å². The van der Waals surface area contributed by atoms with Crippen LogP contribution >= 0.6 is 0 Å². The molecule has 0 saturated carbocycles. The van der Waals surface area contributed by atoms with Crippen LogP contribution in [0.4, 0.5) is 0 Å². The lowest BCUT2D eigenvalue weighted by atomic mass is 9.94. The molecule has 1 fully saturated rings. The van der Waals surface area contributed by atoms with Crippen molar-refractivity contribution >= 4 is 10.8 Å². The molecular formula is C19H32OS. The van der Waals surface area contributed by atoms with Crippen molar-refractivity contribution in [3.63, 3.8) is 0 Å². The van der Waals surface area contributed by atoms with Crippen LogP contribution in [0.15, 0.2) is 24.3 Å². The van der Waals surface area contributed by atoms with Gasteiger partial charge in [0.05, 0.1) is 5.25 Å². The summed E-state index contributed by atoms with van der Waals surface area (Å²) in [5.41, 5.74) is 1.62. The lowest BCUT2D eigenvalue weighted by Gasteiger charge is -2.32. The van der Waals surface area contributed by atoms with E-state index >= 15 is 0 Å². The molecule has 21 heavy (non-hydrogen) atoms. The lowest BCUT2D eigenvalue weighted by molar-refractivity contribution is 0.546. The normalized spacial score (nSPS) is 28.2. The van der Waals surface area contributed by atoms with Gasteiger partial charge in [0, 0.05) is 16.0 Å². The highest BCUT2D eigenvalue weighted by atomic mass is 32.2. The van der Waals surface area contributed by atoms with Gasteiger partial charge in [0.1, 0.15) is 0 Å². The summed E-state index contributed by atoms with van der Waals surface area (Å²) in [4.78, 5) is 0. The molecule has 1 saturated heterocycles. The summed E-state index contributed by atoms with van der Waals surface area (Å²) in [6.45, 7) is 3.76. The Labute approximate surface area is 133 Å². The monoisotopic (exact) mass is 308 g/mol. The summed E-state index contributed by atoms with van der Waals surface area (Å²) in [6.07, 6.45) is 21.2. The number of unbranched alkanes of at least 4 members (excludes halogenated alkanes) is 7. The van der Waals surface area contributed by atoms with Crippen LogP contribution in [0.3, 0.4) is 0 Å². The Balaban J connectivity index is 1.53. The largest absolute Gasteiger partial charge is 0.259 e. The molecule has 0 N–H and O–H groups in total. The van der Waals surface area contributed by atoms with Gasteiger partial charge in [0.15, 0.2) is 0 Å². The maximum Gasteiger partial charge on any atom is 0.0533 e. The van der Waals surface area contributed by atoms with E-state index in [4.69, 9.17) is 0 Å². The van der Waals surface area contributed by atoms with Crippen molar-refractivity contribution in [2.45, 2.75) is 94.0 Å². The molecule has 0 aliphatic carbocycles. The van der Waals surface area contributed by atoms with E-state index in [0.717, 1.165) is 12.8 Å². The number of allylic oxidation sites excluding steroid dienone is 2. The summed E-state index contributed by atoms with van der Waals surface area (Å²) in [6, 6.07) is 0. The van der Waals surface area contributed by atoms with Crippen LogP contribution in [0, 0.1) is 0 Å². The standard InChI is InChI=1S/C19H32OS/c1-2-3-4-5-6-7-8-9-10-12-17-15-18-13-11-14-19(16-17)21(18)20/h2,15,18-19H,1,3-14,16H2. The van der Waals surface area contributed by atoms with E-state index < -0.39 is 10.8 Å². The number of fused-ring (bicyclic) bond motifs is 2. The van der Waals surface area contributed by atoms with Gasteiger partial charge in [-0.15, -0.1) is 6.58 Å². The smallest absolute Gasteiger partial charge is 0.0533 e. The third-order valence-corrected chi connectivity index (χ3v) is 6.99. The second kappa shape index (κ2) is 9.61. The Kier molecular flexibility index (Phi) is 7.77. The molecule has 120 valence electrons. The molecule has 3 atom stereocenters. The first-order chi connectivity index (χ1) is 10.3. The summed E-state index contributed by atoms with van der Waals surface area (Å²) in [7, 11) is -0.555. The van der Waals surface area contributed by atoms with Crippen molar-refractivity contribution in [3.05, 3.63) is 24.3 Å². The minimum atomic E-state index is -0.555. The van der Waals surface area contributed by atoms with Gasteiger partial charge in [0.25, 0.3) is 0 Å². The van der Waals surface area contributed by atoms with E-state index in [0.29, 0.717) is 10.5 Å². The van der Waals surface area contributed by atoms with Crippen molar-refractivity contribution in [3.8, 4) is 0 Å². The molecule has 3 unspecified atom stereocenters. The van der Waals surface area contributed by atoms with Crippen LogP contribution in [0.1, 0.15) is 83.5 Å². The van der Waals surface area contributed by atoms with Crippen LogP contribution in [0.5, 0.6) is 0 Å². The third-order valence-electron chi connectivity index (χ3n) is 4.96. The van der Waals surface area contributed by atoms with E-state index in [-0.39, 0.29) is 0 Å². The Bertz CT molecular complexity index is 372. The van der Waals surface area contributed by atoms with Gasteiger partial charge in [-0.3, -0.25) is 4.21 Å². The molecule has 2 heteroatoms. The SMILES string of the molecule is C=CCCCCCCCCCC1=CC2CCCC(C1)S2=O. The Morgan fingerprint density at radius 2 is 1.81 bits per heavy atom. The lowest BCUT2D eigenvalue weighted by Crippen LogP contribution is -2.33. The highest BCUT2D eigenvalue weighted by molar-refractivity contribution is 7.86. The average molecular weight is 309 g/mol. The molecule has 2 aliphatic heterocycles. The average Bonchev–Trinajstić information content (AvgIpc) is 2.46. The van der Waals surface area contributed by atoms with E-state index in [2.05, 4.69) is 12.7 Å². The number of hydrogen-bond acceptors (Lipinski definition) is 1. The van der Waals surface area contributed by atoms with Gasteiger partial charge in [0.2, 0.25) is 0 Å². The van der Waals surface area contributed by atoms with Gasteiger partial charge in [-0.25, -0.2) is 0 Å². The molecule has 0 aromatic rings. The Morgan fingerprint density at radius 3 is 2.52 bits per heavy atom. The van der Waals surface area contributed by atoms with Gasteiger partial charge < -0.3 is 0 Å². The van der Waals surface area contributed by atoms with Crippen LogP contribution in [0.2, 0.25) is 0 Å². The topological polar surface area (TPSA) is 17.1 Å². The summed E-state index contributed by atoms with van der Waals surface area (Å²) in [5, 5.41) is 0.894. The Morgan fingerprint density at radius 1 is 1.10 bits per heavy atom. The first-order valence-corrected chi connectivity index (χ1v) is 10.3. The van der Waals surface area contributed by atoms with Gasteiger partial charge in [-0.05, 0) is 44.9 Å². The second-order valence-electron chi connectivity index (χ2n) is 6.75. The number of rotatable bonds is 10. The fourth-order valence-corrected chi connectivity index (χ4v) is 5.69. The number of hydrogen-bond donors (Lipinski definition) is 0. The maximum atomic E-state index is 12.1. The highest BCUT2D eigenvalue weighted by Crippen LogP contribution is 2.34. The molecule has 0 aromatic carbocycles. The predicted octanol–water partition coefficient (Wildman–Crippen LogP) is 5.68. The molecule has 0 spiro atoms. The highest BCUT2D eigenvalue weighted by Gasteiger charge is 2.32. The first-order valence-electron chi connectivity index (χ1n) is 9.01. The van der Waals surface area contributed by atoms with Crippen LogP contribution in [-0.4, -0.2) is 14.7 Å². The van der Waals surface area contributed by atoms with Gasteiger partial charge in [-0.2, -0.15) is 0 Å². The van der Waals surface area contributed by atoms with E-state index in [1.165, 1.54) is 70.6 Å². The zero-order valence-corrected chi connectivity index (χ0v) is 14.3. The van der Waals surface area contributed by atoms with Crippen LogP contribution < -0.4 is 0 Å². The molecule has 0 aromatic heterocycles. The summed E-state index contributed by atoms with van der Waals surface area (Å²) < 4.78 is 12.1. The first kappa shape index (κ1) is 17.0. The van der Waals surface area contributed by atoms with Crippen molar-refractivity contribution in [1.82, 2.24) is 0 Å². The molecule has 0 radical (unpaired) electrons. The quantitative estimate of drug-likeness (QED) is 0.374. The predicted molar refractivity (Wildman–Crippen MR) is 94.0 cm³/mol. The molecule has 2 bridgehead atoms. The molecule has 2 heterocycles. The van der Waals surface area contributed by atoms with Gasteiger partial charge >= 0.3 is 0 Å². The molecule has 0 amide bonds. The zero-order valence-electron chi connectivity index (χ0n) is 13.5. The third kappa shape index (κ3) is 5.73. The molecule has 2 rings (SSSR count).